The van der Waals surface area contributed by atoms with Crippen molar-refractivity contribution in [1.29, 1.82) is 0 Å². The number of fused-ring (bicyclic) bond motifs is 1. The van der Waals surface area contributed by atoms with Crippen molar-refractivity contribution >= 4 is 22.2 Å². The van der Waals surface area contributed by atoms with Gasteiger partial charge in [0, 0.05) is 4.88 Å². The molecule has 0 aromatic carbocycles. The van der Waals surface area contributed by atoms with E-state index in [1.54, 1.807) is 11.3 Å². The van der Waals surface area contributed by atoms with Crippen molar-refractivity contribution in [3.05, 3.63) is 16.0 Å². The van der Waals surface area contributed by atoms with Crippen LogP contribution >= 0.6 is 11.3 Å². The molecule has 1 aromatic heterocycles. The highest BCUT2D eigenvalue weighted by Crippen LogP contribution is 2.37. The predicted molar refractivity (Wildman–Crippen MR) is 84.6 cm³/mol. The lowest BCUT2D eigenvalue weighted by Gasteiger charge is -2.25. The van der Waals surface area contributed by atoms with Crippen LogP contribution in [0, 0.1) is 6.92 Å². The molecule has 1 amide bonds. The summed E-state index contributed by atoms with van der Waals surface area (Å²) >= 11 is 1.80. The normalized spacial score (nSPS) is 19.6. The van der Waals surface area contributed by atoms with Gasteiger partial charge in [-0.25, -0.2) is 0 Å². The standard InChI is InChI=1S/C16H24N2OS/c1-12-13-7-3-4-8-14(13)20-16(12)17-15(19)11-18-9-5-2-6-10-18/h2-11H2,1H3,(H,17,19). The first kappa shape index (κ1) is 14.1. The average molecular weight is 292 g/mol. The monoisotopic (exact) mass is 292 g/mol. The Balaban J connectivity index is 1.62. The molecule has 0 radical (unpaired) electrons. The van der Waals surface area contributed by atoms with Crippen LogP contribution in [0.1, 0.15) is 48.1 Å². The van der Waals surface area contributed by atoms with Crippen LogP contribution in [0.25, 0.3) is 0 Å². The summed E-state index contributed by atoms with van der Waals surface area (Å²) in [6.45, 7) is 4.87. The summed E-state index contributed by atoms with van der Waals surface area (Å²) in [5.74, 6) is 0.161. The van der Waals surface area contributed by atoms with Crippen molar-refractivity contribution in [1.82, 2.24) is 4.90 Å². The van der Waals surface area contributed by atoms with Crippen LogP contribution in [0.3, 0.4) is 0 Å². The molecule has 1 aliphatic heterocycles. The van der Waals surface area contributed by atoms with E-state index in [1.807, 2.05) is 0 Å². The number of thiophene rings is 1. The highest BCUT2D eigenvalue weighted by atomic mass is 32.1. The van der Waals surface area contributed by atoms with E-state index >= 15 is 0 Å². The smallest absolute Gasteiger partial charge is 0.239 e. The number of amides is 1. The molecule has 4 heteroatoms. The van der Waals surface area contributed by atoms with E-state index in [9.17, 15) is 4.79 Å². The Morgan fingerprint density at radius 1 is 1.15 bits per heavy atom. The van der Waals surface area contributed by atoms with Gasteiger partial charge < -0.3 is 5.32 Å². The molecule has 0 spiro atoms. The van der Waals surface area contributed by atoms with Gasteiger partial charge >= 0.3 is 0 Å². The zero-order valence-corrected chi connectivity index (χ0v) is 13.2. The van der Waals surface area contributed by atoms with Crippen LogP contribution < -0.4 is 5.32 Å². The molecule has 2 heterocycles. The van der Waals surface area contributed by atoms with E-state index in [2.05, 4.69) is 17.1 Å². The fourth-order valence-electron chi connectivity index (χ4n) is 3.33. The maximum atomic E-state index is 12.2. The van der Waals surface area contributed by atoms with Crippen molar-refractivity contribution < 1.29 is 4.79 Å². The third-order valence-electron chi connectivity index (χ3n) is 4.50. The minimum Gasteiger partial charge on any atom is -0.316 e. The van der Waals surface area contributed by atoms with Crippen LogP contribution in [0.15, 0.2) is 0 Å². The predicted octanol–water partition coefficient (Wildman–Crippen LogP) is 3.36. The quantitative estimate of drug-likeness (QED) is 0.926. The molecule has 3 nitrogen and oxygen atoms in total. The van der Waals surface area contributed by atoms with Gasteiger partial charge in [-0.2, -0.15) is 0 Å². The van der Waals surface area contributed by atoms with Crippen LogP contribution in [0.5, 0.6) is 0 Å². The molecule has 2 aliphatic rings. The SMILES string of the molecule is Cc1c(NC(=O)CN2CCCCC2)sc2c1CCCC2. The molecule has 0 saturated carbocycles. The second-order valence-electron chi connectivity index (χ2n) is 6.05. The molecule has 1 aromatic rings. The van der Waals surface area contributed by atoms with E-state index in [-0.39, 0.29) is 5.91 Å². The minimum atomic E-state index is 0.161. The summed E-state index contributed by atoms with van der Waals surface area (Å²) in [6, 6.07) is 0. The van der Waals surface area contributed by atoms with Gasteiger partial charge in [-0.1, -0.05) is 6.42 Å². The highest BCUT2D eigenvalue weighted by Gasteiger charge is 2.20. The van der Waals surface area contributed by atoms with Crippen molar-refractivity contribution in [2.24, 2.45) is 0 Å². The number of aryl methyl sites for hydroxylation is 1. The number of carbonyl (C=O) groups excluding carboxylic acids is 1. The Bertz CT molecular complexity index is 489. The molecular weight excluding hydrogens is 268 g/mol. The summed E-state index contributed by atoms with van der Waals surface area (Å²) < 4.78 is 0. The lowest BCUT2D eigenvalue weighted by atomic mass is 9.96. The number of carbonyl (C=O) groups is 1. The number of rotatable bonds is 3. The van der Waals surface area contributed by atoms with E-state index in [1.165, 1.54) is 60.9 Å². The molecule has 20 heavy (non-hydrogen) atoms. The van der Waals surface area contributed by atoms with E-state index in [0.29, 0.717) is 6.54 Å². The van der Waals surface area contributed by atoms with Gasteiger partial charge in [0.2, 0.25) is 5.91 Å². The van der Waals surface area contributed by atoms with E-state index < -0.39 is 0 Å². The van der Waals surface area contributed by atoms with Crippen molar-refractivity contribution in [2.45, 2.75) is 51.9 Å². The lowest BCUT2D eigenvalue weighted by Crippen LogP contribution is -2.36. The third-order valence-corrected chi connectivity index (χ3v) is 5.81. The lowest BCUT2D eigenvalue weighted by molar-refractivity contribution is -0.117. The fraction of sp³-hybridized carbons (Fsp3) is 0.688. The third kappa shape index (κ3) is 3.07. The van der Waals surface area contributed by atoms with E-state index in [0.717, 1.165) is 18.1 Å². The second kappa shape index (κ2) is 6.27. The number of nitrogens with zero attached hydrogens (tertiary/aromatic N) is 1. The zero-order chi connectivity index (χ0) is 13.9. The first-order valence-electron chi connectivity index (χ1n) is 7.87. The van der Waals surface area contributed by atoms with Crippen LogP contribution in [-0.4, -0.2) is 30.4 Å². The average Bonchev–Trinajstić information content (AvgIpc) is 2.77. The van der Waals surface area contributed by atoms with Crippen molar-refractivity contribution in [3.63, 3.8) is 0 Å². The number of anilines is 1. The van der Waals surface area contributed by atoms with Gasteiger partial charge in [0.25, 0.3) is 0 Å². The molecule has 110 valence electrons. The maximum absolute atomic E-state index is 12.2. The molecule has 1 fully saturated rings. The van der Waals surface area contributed by atoms with Crippen LogP contribution in [-0.2, 0) is 17.6 Å². The molecule has 1 N–H and O–H groups in total. The van der Waals surface area contributed by atoms with Gasteiger partial charge in [0.15, 0.2) is 0 Å². The Hall–Kier alpha value is -0.870. The van der Waals surface area contributed by atoms with Gasteiger partial charge in [-0.05, 0) is 69.7 Å². The molecule has 1 aliphatic carbocycles. The number of likely N-dealkylation sites (tertiary alicyclic amines) is 1. The second-order valence-corrected chi connectivity index (χ2v) is 7.16. The van der Waals surface area contributed by atoms with Crippen LogP contribution in [0.4, 0.5) is 5.00 Å². The molecular formula is C16H24N2OS. The van der Waals surface area contributed by atoms with Gasteiger partial charge in [-0.15, -0.1) is 11.3 Å². The summed E-state index contributed by atoms with van der Waals surface area (Å²) in [5.41, 5.74) is 2.83. The molecule has 3 rings (SSSR count). The maximum Gasteiger partial charge on any atom is 0.239 e. The fourth-order valence-corrected chi connectivity index (χ4v) is 4.64. The number of piperidine rings is 1. The summed E-state index contributed by atoms with van der Waals surface area (Å²) in [5, 5.41) is 4.25. The Morgan fingerprint density at radius 2 is 1.90 bits per heavy atom. The zero-order valence-electron chi connectivity index (χ0n) is 12.3. The van der Waals surface area contributed by atoms with Gasteiger partial charge in [-0.3, -0.25) is 9.69 Å². The number of nitrogens with one attached hydrogen (secondary N) is 1. The molecule has 0 bridgehead atoms. The van der Waals surface area contributed by atoms with Crippen molar-refractivity contribution in [3.8, 4) is 0 Å². The van der Waals surface area contributed by atoms with Gasteiger partial charge in [0.05, 0.1) is 11.5 Å². The highest BCUT2D eigenvalue weighted by molar-refractivity contribution is 7.16. The van der Waals surface area contributed by atoms with Crippen molar-refractivity contribution in [2.75, 3.05) is 25.0 Å². The summed E-state index contributed by atoms with van der Waals surface area (Å²) in [6.07, 6.45) is 8.77. The van der Waals surface area contributed by atoms with E-state index in [4.69, 9.17) is 0 Å². The Kier molecular flexibility index (Phi) is 4.41. The summed E-state index contributed by atoms with van der Waals surface area (Å²) in [7, 11) is 0. The Morgan fingerprint density at radius 3 is 2.65 bits per heavy atom. The summed E-state index contributed by atoms with van der Waals surface area (Å²) in [4.78, 5) is 16.0. The topological polar surface area (TPSA) is 32.3 Å². The molecule has 0 atom stereocenters. The Labute approximate surface area is 125 Å². The first-order chi connectivity index (χ1) is 9.74. The number of hydrogen-bond donors (Lipinski definition) is 1. The number of hydrogen-bond acceptors (Lipinski definition) is 3. The molecule has 0 unspecified atom stereocenters. The molecule has 1 saturated heterocycles. The first-order valence-corrected chi connectivity index (χ1v) is 8.69. The van der Waals surface area contributed by atoms with Crippen LogP contribution in [0.2, 0.25) is 0 Å². The largest absolute Gasteiger partial charge is 0.316 e. The minimum absolute atomic E-state index is 0.161. The van der Waals surface area contributed by atoms with Gasteiger partial charge in [0.1, 0.15) is 0 Å².